The maximum atomic E-state index is 13.2. The molecule has 8 nitrogen and oxygen atoms in total. The highest BCUT2D eigenvalue weighted by atomic mass is 16.5. The van der Waals surface area contributed by atoms with Crippen molar-refractivity contribution in [3.63, 3.8) is 0 Å². The number of hydrogen-bond acceptors (Lipinski definition) is 8. The summed E-state index contributed by atoms with van der Waals surface area (Å²) < 4.78 is 10.9. The van der Waals surface area contributed by atoms with E-state index in [4.69, 9.17) is 9.15 Å². The van der Waals surface area contributed by atoms with Crippen LogP contribution in [-0.4, -0.2) is 56.5 Å². The fourth-order valence-corrected chi connectivity index (χ4v) is 4.33. The van der Waals surface area contributed by atoms with Gasteiger partial charge in [0.05, 0.1) is 30.1 Å². The van der Waals surface area contributed by atoms with Crippen LogP contribution in [0.15, 0.2) is 28.4 Å². The average molecular weight is 492 g/mol. The molecule has 1 aliphatic rings. The third-order valence-corrected chi connectivity index (χ3v) is 7.14. The lowest BCUT2D eigenvalue weighted by molar-refractivity contribution is -0.155. The number of carbonyl (C=O) groups is 2. The van der Waals surface area contributed by atoms with E-state index in [9.17, 15) is 24.9 Å². The summed E-state index contributed by atoms with van der Waals surface area (Å²) in [5.74, 6) is -1.66. The Hall–Kier alpha value is -2.29. The van der Waals surface area contributed by atoms with Gasteiger partial charge in [-0.3, -0.25) is 9.59 Å². The van der Waals surface area contributed by atoms with E-state index in [1.54, 1.807) is 40.7 Å². The van der Waals surface area contributed by atoms with Gasteiger partial charge in [-0.2, -0.15) is 0 Å². The molecule has 0 saturated heterocycles. The predicted octanol–water partition coefficient (Wildman–Crippen LogP) is 3.62. The van der Waals surface area contributed by atoms with Gasteiger partial charge in [-0.15, -0.1) is 0 Å². The van der Waals surface area contributed by atoms with Crippen LogP contribution in [0.1, 0.15) is 72.4 Å². The SMILES string of the molecule is C/C(=C\c1coc(C)n1)[C@@H]1CC(O)C(C)/C=C/C[C@H](C)[C@H](O)[C@@H](C)C(=O)C(C)(C)[C@@H](O)CC(=O)O1. The molecule has 0 saturated carbocycles. The summed E-state index contributed by atoms with van der Waals surface area (Å²) in [4.78, 5) is 30.2. The zero-order valence-corrected chi connectivity index (χ0v) is 21.9. The van der Waals surface area contributed by atoms with Crippen LogP contribution in [0.4, 0.5) is 0 Å². The van der Waals surface area contributed by atoms with E-state index in [0.29, 0.717) is 23.6 Å². The van der Waals surface area contributed by atoms with Crippen molar-refractivity contribution in [1.29, 1.82) is 0 Å². The number of ether oxygens (including phenoxy) is 1. The van der Waals surface area contributed by atoms with Crippen molar-refractivity contribution in [2.45, 2.75) is 92.1 Å². The van der Waals surface area contributed by atoms with E-state index >= 15 is 0 Å². The molecule has 35 heavy (non-hydrogen) atoms. The standard InChI is InChI=1S/C27H41NO7/c1-15-9-8-10-16(2)25(32)18(4)26(33)27(6,7)23(30)13-24(31)35-22(12-21(15)29)17(3)11-20-14-34-19(5)28-20/h8-9,11,14-16,18,21-23,25,29-30,32H,10,12-13H2,1-7H3/b9-8+,17-11+/t15?,16-,18+,21?,22-,23-,25-/m0/s1. The summed E-state index contributed by atoms with van der Waals surface area (Å²) in [6, 6.07) is 0. The normalized spacial score (nSPS) is 34.9. The predicted molar refractivity (Wildman–Crippen MR) is 132 cm³/mol. The number of aryl methyl sites for hydroxylation is 1. The van der Waals surface area contributed by atoms with Gasteiger partial charge >= 0.3 is 5.97 Å². The van der Waals surface area contributed by atoms with Gasteiger partial charge in [-0.1, -0.05) is 46.8 Å². The molecule has 196 valence electrons. The molecule has 0 amide bonds. The number of aliphatic hydroxyl groups is 3. The van der Waals surface area contributed by atoms with Crippen molar-refractivity contribution in [1.82, 2.24) is 4.98 Å². The lowest BCUT2D eigenvalue weighted by Crippen LogP contribution is -2.45. The maximum absolute atomic E-state index is 13.2. The summed E-state index contributed by atoms with van der Waals surface area (Å²) in [6.45, 7) is 12.0. The Kier molecular flexibility index (Phi) is 10.0. The summed E-state index contributed by atoms with van der Waals surface area (Å²) in [5.41, 5.74) is -0.0317. The third-order valence-electron chi connectivity index (χ3n) is 7.14. The number of hydrogen-bond donors (Lipinski definition) is 3. The Bertz CT molecular complexity index is 932. The summed E-state index contributed by atoms with van der Waals surface area (Å²) in [5, 5.41) is 32.4. The van der Waals surface area contributed by atoms with Crippen molar-refractivity contribution < 1.29 is 34.1 Å². The first-order chi connectivity index (χ1) is 16.2. The molecule has 0 spiro atoms. The van der Waals surface area contributed by atoms with E-state index in [1.807, 2.05) is 26.0 Å². The van der Waals surface area contributed by atoms with Crippen molar-refractivity contribution in [2.24, 2.45) is 23.2 Å². The number of nitrogens with zero attached hydrogens (tertiary/aromatic N) is 1. The molecule has 2 rings (SSSR count). The Morgan fingerprint density at radius 2 is 1.83 bits per heavy atom. The molecule has 2 heterocycles. The third kappa shape index (κ3) is 7.59. The van der Waals surface area contributed by atoms with Crippen LogP contribution in [-0.2, 0) is 14.3 Å². The molecule has 3 N–H and O–H groups in total. The van der Waals surface area contributed by atoms with Crippen LogP contribution in [0, 0.1) is 30.1 Å². The summed E-state index contributed by atoms with van der Waals surface area (Å²) in [6.07, 6.45) is 3.50. The minimum Gasteiger partial charge on any atom is -0.458 e. The molecule has 2 unspecified atom stereocenters. The van der Waals surface area contributed by atoms with Gasteiger partial charge in [0.25, 0.3) is 0 Å². The quantitative estimate of drug-likeness (QED) is 0.422. The molecule has 7 atom stereocenters. The van der Waals surface area contributed by atoms with Gasteiger partial charge in [0, 0.05) is 25.2 Å². The lowest BCUT2D eigenvalue weighted by atomic mass is 9.73. The van der Waals surface area contributed by atoms with E-state index in [2.05, 4.69) is 4.98 Å². The molecule has 0 aliphatic carbocycles. The van der Waals surface area contributed by atoms with Crippen LogP contribution >= 0.6 is 0 Å². The van der Waals surface area contributed by atoms with Crippen molar-refractivity contribution in [3.05, 3.63) is 35.6 Å². The van der Waals surface area contributed by atoms with Gasteiger partial charge in [-0.05, 0) is 30.9 Å². The minimum absolute atomic E-state index is 0.143. The molecule has 0 bridgehead atoms. The number of aliphatic hydroxyl groups excluding tert-OH is 3. The number of esters is 1. The monoisotopic (exact) mass is 491 g/mol. The first-order valence-corrected chi connectivity index (χ1v) is 12.3. The summed E-state index contributed by atoms with van der Waals surface area (Å²) >= 11 is 0. The molecule has 0 radical (unpaired) electrons. The van der Waals surface area contributed by atoms with Crippen molar-refractivity contribution in [3.8, 4) is 0 Å². The number of ketones is 1. The second-order valence-corrected chi connectivity index (χ2v) is 10.5. The highest BCUT2D eigenvalue weighted by Gasteiger charge is 2.42. The highest BCUT2D eigenvalue weighted by Crippen LogP contribution is 2.32. The molecule has 0 fully saturated rings. The second kappa shape index (κ2) is 12.1. The fourth-order valence-electron chi connectivity index (χ4n) is 4.33. The van der Waals surface area contributed by atoms with Crippen LogP contribution in [0.5, 0.6) is 0 Å². The molecule has 1 aromatic rings. The topological polar surface area (TPSA) is 130 Å². The number of cyclic esters (lactones) is 1. The number of carbonyl (C=O) groups excluding carboxylic acids is 2. The zero-order valence-electron chi connectivity index (χ0n) is 21.9. The maximum Gasteiger partial charge on any atom is 0.309 e. The summed E-state index contributed by atoms with van der Waals surface area (Å²) in [7, 11) is 0. The Balaban J connectivity index is 2.38. The number of Topliss-reactive ketones (excluding diaryl/α,β-unsaturated/α-hetero) is 1. The van der Waals surface area contributed by atoms with Gasteiger partial charge in [0.15, 0.2) is 5.89 Å². The first kappa shape index (κ1) is 28.9. The number of rotatable bonds is 2. The Labute approximate surface area is 208 Å². The Morgan fingerprint density at radius 1 is 1.17 bits per heavy atom. The molecule has 0 aromatic carbocycles. The van der Waals surface area contributed by atoms with E-state index in [1.165, 1.54) is 6.26 Å². The molecular formula is C27H41NO7. The average Bonchev–Trinajstić information content (AvgIpc) is 3.20. The van der Waals surface area contributed by atoms with Crippen LogP contribution in [0.25, 0.3) is 6.08 Å². The van der Waals surface area contributed by atoms with Gasteiger partial charge < -0.3 is 24.5 Å². The molecule has 1 aliphatic heterocycles. The van der Waals surface area contributed by atoms with Crippen LogP contribution < -0.4 is 0 Å². The Morgan fingerprint density at radius 3 is 2.43 bits per heavy atom. The highest BCUT2D eigenvalue weighted by molar-refractivity contribution is 5.88. The van der Waals surface area contributed by atoms with Crippen molar-refractivity contribution in [2.75, 3.05) is 0 Å². The largest absolute Gasteiger partial charge is 0.458 e. The van der Waals surface area contributed by atoms with E-state index < -0.39 is 48.1 Å². The second-order valence-electron chi connectivity index (χ2n) is 10.5. The van der Waals surface area contributed by atoms with Gasteiger partial charge in [0.1, 0.15) is 23.8 Å². The number of aromatic nitrogens is 1. The number of oxazole rings is 1. The van der Waals surface area contributed by atoms with Crippen molar-refractivity contribution >= 4 is 17.8 Å². The first-order valence-electron chi connectivity index (χ1n) is 12.3. The molecule has 8 heteroatoms. The fraction of sp³-hybridized carbons (Fsp3) is 0.667. The van der Waals surface area contributed by atoms with Gasteiger partial charge in [-0.25, -0.2) is 4.98 Å². The van der Waals surface area contributed by atoms with E-state index in [-0.39, 0.29) is 24.0 Å². The minimum atomic E-state index is -1.30. The molecule has 1 aromatic heterocycles. The molecular weight excluding hydrogens is 450 g/mol. The smallest absolute Gasteiger partial charge is 0.309 e. The number of allylic oxidation sites excluding steroid dienone is 1. The van der Waals surface area contributed by atoms with E-state index in [0.717, 1.165) is 0 Å². The zero-order chi connectivity index (χ0) is 26.5. The lowest BCUT2D eigenvalue weighted by Gasteiger charge is -2.34. The van der Waals surface area contributed by atoms with Crippen LogP contribution in [0.3, 0.4) is 0 Å². The van der Waals surface area contributed by atoms with Crippen LogP contribution in [0.2, 0.25) is 0 Å². The van der Waals surface area contributed by atoms with Gasteiger partial charge in [0.2, 0.25) is 0 Å².